The van der Waals surface area contributed by atoms with Gasteiger partial charge >= 0.3 is 0 Å². The Morgan fingerprint density at radius 1 is 1.26 bits per heavy atom. The summed E-state index contributed by atoms with van der Waals surface area (Å²) >= 11 is 0. The molecule has 2 heteroatoms. The minimum absolute atomic E-state index is 0.624. The van der Waals surface area contributed by atoms with Crippen LogP contribution in [0.3, 0.4) is 0 Å². The fraction of sp³-hybridized carbons (Fsp3) is 0.647. The fourth-order valence-corrected chi connectivity index (χ4v) is 3.13. The second-order valence-electron chi connectivity index (χ2n) is 6.10. The molecule has 0 amide bonds. The number of benzene rings is 1. The van der Waals surface area contributed by atoms with Gasteiger partial charge in [0.1, 0.15) is 0 Å². The smallest absolute Gasteiger partial charge is 0.0733 e. The van der Waals surface area contributed by atoms with E-state index in [0.29, 0.717) is 12.6 Å². The van der Waals surface area contributed by atoms with Gasteiger partial charge in [0.05, 0.1) is 6.61 Å². The number of methoxy groups -OCH3 is 1. The predicted octanol–water partition coefficient (Wildman–Crippen LogP) is 4.46. The van der Waals surface area contributed by atoms with Crippen molar-refractivity contribution in [2.75, 3.05) is 12.4 Å². The lowest BCUT2D eigenvalue weighted by atomic mass is 9.79. The van der Waals surface area contributed by atoms with Crippen molar-refractivity contribution >= 4 is 5.69 Å². The van der Waals surface area contributed by atoms with Gasteiger partial charge in [-0.1, -0.05) is 44.9 Å². The molecule has 1 fully saturated rings. The van der Waals surface area contributed by atoms with Gasteiger partial charge in [0.2, 0.25) is 0 Å². The summed E-state index contributed by atoms with van der Waals surface area (Å²) in [5, 5.41) is 3.74. The summed E-state index contributed by atoms with van der Waals surface area (Å²) in [5.74, 6) is 1.68. The molecule has 0 heterocycles. The normalized spacial score (nSPS) is 23.6. The lowest BCUT2D eigenvalue weighted by molar-refractivity contribution is 0.185. The summed E-state index contributed by atoms with van der Waals surface area (Å²) in [4.78, 5) is 0. The van der Waals surface area contributed by atoms with E-state index >= 15 is 0 Å². The molecule has 0 aromatic heterocycles. The number of rotatable bonds is 5. The maximum absolute atomic E-state index is 5.28. The quantitative estimate of drug-likeness (QED) is 0.845. The minimum Gasteiger partial charge on any atom is -0.382 e. The molecule has 106 valence electrons. The van der Waals surface area contributed by atoms with Crippen LogP contribution in [0.1, 0.15) is 45.1 Å². The van der Waals surface area contributed by atoms with E-state index in [1.54, 1.807) is 7.11 Å². The maximum Gasteiger partial charge on any atom is 0.0733 e. The molecule has 2 nitrogen and oxygen atoms in total. The molecule has 1 aliphatic rings. The van der Waals surface area contributed by atoms with Gasteiger partial charge in [0.25, 0.3) is 0 Å². The van der Waals surface area contributed by atoms with Crippen molar-refractivity contribution < 1.29 is 4.74 Å². The van der Waals surface area contributed by atoms with E-state index in [0.717, 1.165) is 11.8 Å². The first-order valence-corrected chi connectivity index (χ1v) is 7.54. The largest absolute Gasteiger partial charge is 0.382 e. The molecule has 2 atom stereocenters. The Balaban J connectivity index is 2.00. The average Bonchev–Trinajstić information content (AvgIpc) is 2.41. The summed E-state index contributed by atoms with van der Waals surface area (Å²) < 4.78 is 5.28. The highest BCUT2D eigenvalue weighted by atomic mass is 16.5. The molecule has 1 aliphatic carbocycles. The van der Waals surface area contributed by atoms with Crippen molar-refractivity contribution in [2.24, 2.45) is 11.8 Å². The highest BCUT2D eigenvalue weighted by Crippen LogP contribution is 2.32. The maximum atomic E-state index is 5.28. The lowest BCUT2D eigenvalue weighted by Gasteiger charge is -2.33. The Labute approximate surface area is 117 Å². The average molecular weight is 261 g/mol. The summed E-state index contributed by atoms with van der Waals surface area (Å²) in [6.07, 6.45) is 5.35. The number of hydrogen-bond acceptors (Lipinski definition) is 2. The van der Waals surface area contributed by atoms with E-state index in [9.17, 15) is 0 Å². The molecule has 2 unspecified atom stereocenters. The molecule has 0 spiro atoms. The van der Waals surface area contributed by atoms with Crippen molar-refractivity contribution in [1.82, 2.24) is 0 Å². The number of nitrogens with one attached hydrogen (secondary N) is 1. The number of ether oxygens (including phenoxy) is 1. The monoisotopic (exact) mass is 261 g/mol. The van der Waals surface area contributed by atoms with Crippen LogP contribution in [-0.4, -0.2) is 13.2 Å². The number of para-hydroxylation sites is 1. The minimum atomic E-state index is 0.624. The van der Waals surface area contributed by atoms with E-state index < -0.39 is 0 Å². The van der Waals surface area contributed by atoms with Crippen LogP contribution in [-0.2, 0) is 11.3 Å². The highest BCUT2D eigenvalue weighted by molar-refractivity contribution is 5.51. The van der Waals surface area contributed by atoms with Crippen LogP contribution in [0.15, 0.2) is 24.3 Å². The van der Waals surface area contributed by atoms with Gasteiger partial charge in [-0.25, -0.2) is 0 Å². The Bertz CT molecular complexity index is 389. The molecule has 1 saturated carbocycles. The van der Waals surface area contributed by atoms with Crippen LogP contribution in [0.25, 0.3) is 0 Å². The molecular weight excluding hydrogens is 234 g/mol. The Morgan fingerprint density at radius 2 is 2.05 bits per heavy atom. The second kappa shape index (κ2) is 6.95. The highest BCUT2D eigenvalue weighted by Gasteiger charge is 2.24. The Morgan fingerprint density at radius 3 is 2.79 bits per heavy atom. The van der Waals surface area contributed by atoms with Gasteiger partial charge in [-0.3, -0.25) is 0 Å². The molecule has 1 aromatic rings. The van der Waals surface area contributed by atoms with Crippen LogP contribution in [0.2, 0.25) is 0 Å². The van der Waals surface area contributed by atoms with Gasteiger partial charge in [-0.05, 0) is 30.7 Å². The molecular formula is C17H27NO. The van der Waals surface area contributed by atoms with Crippen LogP contribution in [0.4, 0.5) is 5.69 Å². The van der Waals surface area contributed by atoms with E-state index in [-0.39, 0.29) is 0 Å². The van der Waals surface area contributed by atoms with Crippen molar-refractivity contribution in [3.05, 3.63) is 29.8 Å². The molecule has 1 aromatic carbocycles. The number of anilines is 1. The Kier molecular flexibility index (Phi) is 5.26. The van der Waals surface area contributed by atoms with Crippen molar-refractivity contribution in [2.45, 2.75) is 52.2 Å². The standard InChI is InChI=1S/C17H27NO/c1-13(2)14-8-6-9-16(11-14)18-17-10-5-4-7-15(17)12-19-3/h4-5,7,10,13-14,16,18H,6,8-9,11-12H2,1-3H3. The van der Waals surface area contributed by atoms with E-state index in [4.69, 9.17) is 4.74 Å². The summed E-state index contributed by atoms with van der Waals surface area (Å²) in [7, 11) is 1.76. The SMILES string of the molecule is COCc1ccccc1NC1CCCC(C(C)C)C1. The van der Waals surface area contributed by atoms with Gasteiger partial charge in [-0.15, -0.1) is 0 Å². The fourth-order valence-electron chi connectivity index (χ4n) is 3.13. The van der Waals surface area contributed by atoms with Crippen molar-refractivity contribution in [3.63, 3.8) is 0 Å². The zero-order valence-corrected chi connectivity index (χ0v) is 12.5. The topological polar surface area (TPSA) is 21.3 Å². The number of hydrogen-bond donors (Lipinski definition) is 1. The molecule has 0 radical (unpaired) electrons. The van der Waals surface area contributed by atoms with Crippen LogP contribution >= 0.6 is 0 Å². The molecule has 0 aliphatic heterocycles. The molecule has 0 bridgehead atoms. The van der Waals surface area contributed by atoms with Gasteiger partial charge in [0.15, 0.2) is 0 Å². The molecule has 2 rings (SSSR count). The van der Waals surface area contributed by atoms with Gasteiger partial charge < -0.3 is 10.1 Å². The zero-order valence-electron chi connectivity index (χ0n) is 12.5. The van der Waals surface area contributed by atoms with E-state index in [2.05, 4.69) is 43.4 Å². The lowest BCUT2D eigenvalue weighted by Crippen LogP contribution is -2.29. The van der Waals surface area contributed by atoms with Gasteiger partial charge in [0, 0.05) is 24.4 Å². The third kappa shape index (κ3) is 3.97. The second-order valence-corrected chi connectivity index (χ2v) is 6.10. The van der Waals surface area contributed by atoms with Crippen LogP contribution in [0.5, 0.6) is 0 Å². The molecule has 19 heavy (non-hydrogen) atoms. The van der Waals surface area contributed by atoms with Crippen molar-refractivity contribution in [3.8, 4) is 0 Å². The van der Waals surface area contributed by atoms with Crippen LogP contribution in [0, 0.1) is 11.8 Å². The Hall–Kier alpha value is -1.02. The molecule has 1 N–H and O–H groups in total. The first kappa shape index (κ1) is 14.4. The summed E-state index contributed by atoms with van der Waals surface area (Å²) in [6, 6.07) is 9.13. The predicted molar refractivity (Wildman–Crippen MR) is 81.4 cm³/mol. The first-order chi connectivity index (χ1) is 9.20. The van der Waals surface area contributed by atoms with Crippen LogP contribution < -0.4 is 5.32 Å². The first-order valence-electron chi connectivity index (χ1n) is 7.54. The van der Waals surface area contributed by atoms with Gasteiger partial charge in [-0.2, -0.15) is 0 Å². The summed E-state index contributed by atoms with van der Waals surface area (Å²) in [5.41, 5.74) is 2.51. The third-order valence-electron chi connectivity index (χ3n) is 4.33. The third-order valence-corrected chi connectivity index (χ3v) is 4.33. The van der Waals surface area contributed by atoms with E-state index in [1.807, 2.05) is 0 Å². The van der Waals surface area contributed by atoms with E-state index in [1.165, 1.54) is 36.9 Å². The summed E-state index contributed by atoms with van der Waals surface area (Å²) in [6.45, 7) is 5.39. The van der Waals surface area contributed by atoms with Crippen molar-refractivity contribution in [1.29, 1.82) is 0 Å². The molecule has 0 saturated heterocycles. The zero-order chi connectivity index (χ0) is 13.7.